The van der Waals surface area contributed by atoms with E-state index in [1.165, 1.54) is 23.8 Å². The number of halogens is 1. The number of rotatable bonds is 4. The predicted molar refractivity (Wildman–Crippen MR) is 127 cm³/mol. The monoisotopic (exact) mass is 447 g/mol. The number of carbonyl (C=O) groups is 2. The Bertz CT molecular complexity index is 1290. The number of anilines is 1. The largest absolute Gasteiger partial charge is 0.318 e. The van der Waals surface area contributed by atoms with Crippen LogP contribution in [0, 0.1) is 19.7 Å². The molecule has 1 N–H and O–H groups in total. The summed E-state index contributed by atoms with van der Waals surface area (Å²) in [5, 5.41) is 2.35. The highest BCUT2D eigenvalue weighted by Gasteiger charge is 2.35. The summed E-state index contributed by atoms with van der Waals surface area (Å²) < 4.78 is 16.5. The molecule has 162 valence electrons. The van der Waals surface area contributed by atoms with Crippen LogP contribution in [0.3, 0.4) is 0 Å². The van der Waals surface area contributed by atoms with Crippen LogP contribution in [-0.4, -0.2) is 21.5 Å². The lowest BCUT2D eigenvalue weighted by molar-refractivity contribution is -0.122. The third-order valence-electron chi connectivity index (χ3n) is 5.58. The van der Waals surface area contributed by atoms with Gasteiger partial charge in [-0.05, 0) is 74.0 Å². The number of amides is 2. The zero-order valence-corrected chi connectivity index (χ0v) is 18.8. The first-order valence-corrected chi connectivity index (χ1v) is 10.7. The Labute approximate surface area is 191 Å². The Morgan fingerprint density at radius 2 is 1.69 bits per heavy atom. The second kappa shape index (κ2) is 8.51. The SMILES string of the molecule is CCc1ccccc1-n1c(C)cc(/C=C2\C(=O)NC(=S)N(c3ccccc3F)C2=O)c1C. The lowest BCUT2D eigenvalue weighted by atomic mass is 10.1. The van der Waals surface area contributed by atoms with Crippen molar-refractivity contribution in [2.75, 3.05) is 4.90 Å². The first-order valence-electron chi connectivity index (χ1n) is 10.3. The van der Waals surface area contributed by atoms with Gasteiger partial charge in [-0.15, -0.1) is 0 Å². The van der Waals surface area contributed by atoms with Gasteiger partial charge in [0.05, 0.1) is 5.69 Å². The van der Waals surface area contributed by atoms with Crippen LogP contribution in [0.15, 0.2) is 60.2 Å². The summed E-state index contributed by atoms with van der Waals surface area (Å²) in [6, 6.07) is 15.9. The normalized spacial score (nSPS) is 15.4. The molecule has 0 atom stereocenters. The van der Waals surface area contributed by atoms with E-state index in [2.05, 4.69) is 22.9 Å². The minimum absolute atomic E-state index is 0.00394. The number of carbonyl (C=O) groups excluding carboxylic acids is 2. The van der Waals surface area contributed by atoms with E-state index in [9.17, 15) is 14.0 Å². The van der Waals surface area contributed by atoms with Gasteiger partial charge in [-0.25, -0.2) is 9.29 Å². The molecule has 0 spiro atoms. The van der Waals surface area contributed by atoms with Crippen LogP contribution >= 0.6 is 12.2 Å². The number of nitrogens with one attached hydrogen (secondary N) is 1. The van der Waals surface area contributed by atoms with Crippen molar-refractivity contribution in [2.24, 2.45) is 0 Å². The molecule has 0 saturated carbocycles. The van der Waals surface area contributed by atoms with Gasteiger partial charge in [-0.3, -0.25) is 14.9 Å². The lowest BCUT2D eigenvalue weighted by Crippen LogP contribution is -2.54. The average molecular weight is 448 g/mol. The van der Waals surface area contributed by atoms with Gasteiger partial charge in [0.15, 0.2) is 5.11 Å². The molecule has 1 aliphatic heterocycles. The van der Waals surface area contributed by atoms with Crippen molar-refractivity contribution in [1.82, 2.24) is 9.88 Å². The van der Waals surface area contributed by atoms with Gasteiger partial charge < -0.3 is 4.57 Å². The summed E-state index contributed by atoms with van der Waals surface area (Å²) >= 11 is 5.16. The smallest absolute Gasteiger partial charge is 0.270 e. The molecule has 32 heavy (non-hydrogen) atoms. The Hall–Kier alpha value is -3.58. The Morgan fingerprint density at radius 3 is 2.38 bits per heavy atom. The van der Waals surface area contributed by atoms with Gasteiger partial charge in [0, 0.05) is 17.1 Å². The molecule has 3 aromatic rings. The van der Waals surface area contributed by atoms with E-state index in [0.717, 1.165) is 34.0 Å². The quantitative estimate of drug-likeness (QED) is 0.361. The zero-order chi connectivity index (χ0) is 23.0. The molecule has 1 fully saturated rings. The maximum Gasteiger partial charge on any atom is 0.270 e. The van der Waals surface area contributed by atoms with Gasteiger partial charge in [0.2, 0.25) is 0 Å². The second-order valence-corrected chi connectivity index (χ2v) is 7.94. The van der Waals surface area contributed by atoms with Crippen molar-refractivity contribution < 1.29 is 14.0 Å². The van der Waals surface area contributed by atoms with E-state index >= 15 is 0 Å². The summed E-state index contributed by atoms with van der Waals surface area (Å²) in [6.45, 7) is 6.02. The second-order valence-electron chi connectivity index (χ2n) is 7.55. The van der Waals surface area contributed by atoms with Gasteiger partial charge in [-0.1, -0.05) is 37.3 Å². The number of thiocarbonyl (C=S) groups is 1. The van der Waals surface area contributed by atoms with Crippen molar-refractivity contribution in [3.8, 4) is 5.69 Å². The maximum atomic E-state index is 14.4. The van der Waals surface area contributed by atoms with Crippen LogP contribution in [0.4, 0.5) is 10.1 Å². The van der Waals surface area contributed by atoms with E-state index < -0.39 is 17.6 Å². The molecular formula is C25H22FN3O2S. The zero-order valence-electron chi connectivity index (χ0n) is 18.0. The van der Waals surface area contributed by atoms with Crippen molar-refractivity contribution >= 4 is 40.9 Å². The summed E-state index contributed by atoms with van der Waals surface area (Å²) in [5.74, 6) is -1.87. The highest BCUT2D eigenvalue weighted by Crippen LogP contribution is 2.28. The Kier molecular flexibility index (Phi) is 5.76. The third-order valence-corrected chi connectivity index (χ3v) is 5.86. The average Bonchev–Trinajstić information content (AvgIpc) is 3.05. The summed E-state index contributed by atoms with van der Waals surface area (Å²) in [6.07, 6.45) is 2.42. The fourth-order valence-corrected chi connectivity index (χ4v) is 4.27. The minimum Gasteiger partial charge on any atom is -0.318 e. The van der Waals surface area contributed by atoms with Crippen LogP contribution in [0.2, 0.25) is 0 Å². The number of benzene rings is 2. The molecule has 0 unspecified atom stereocenters. The topological polar surface area (TPSA) is 54.3 Å². The molecule has 1 aromatic heterocycles. The first-order chi connectivity index (χ1) is 15.3. The third kappa shape index (κ3) is 3.65. The number of aryl methyl sites for hydroxylation is 2. The molecule has 1 aliphatic rings. The molecule has 1 saturated heterocycles. The number of para-hydroxylation sites is 2. The van der Waals surface area contributed by atoms with Gasteiger partial charge in [0.25, 0.3) is 11.8 Å². The first kappa shape index (κ1) is 21.6. The van der Waals surface area contributed by atoms with Gasteiger partial charge >= 0.3 is 0 Å². The highest BCUT2D eigenvalue weighted by molar-refractivity contribution is 7.80. The summed E-state index contributed by atoms with van der Waals surface area (Å²) in [5.41, 5.74) is 4.73. The van der Waals surface area contributed by atoms with E-state index in [4.69, 9.17) is 12.2 Å². The highest BCUT2D eigenvalue weighted by atomic mass is 32.1. The van der Waals surface area contributed by atoms with Gasteiger partial charge in [0.1, 0.15) is 11.4 Å². The molecule has 0 aliphatic carbocycles. The maximum absolute atomic E-state index is 14.4. The molecule has 7 heteroatoms. The molecule has 2 aromatic carbocycles. The van der Waals surface area contributed by atoms with Crippen molar-refractivity contribution in [3.05, 3.63) is 88.5 Å². The molecule has 0 bridgehead atoms. The minimum atomic E-state index is -0.664. The molecule has 4 rings (SSSR count). The van der Waals surface area contributed by atoms with Gasteiger partial charge in [-0.2, -0.15) is 0 Å². The molecule has 5 nitrogen and oxygen atoms in total. The molecule has 2 heterocycles. The van der Waals surface area contributed by atoms with Crippen LogP contribution < -0.4 is 10.2 Å². The fraction of sp³-hybridized carbons (Fsp3) is 0.160. The Balaban J connectivity index is 1.80. The van der Waals surface area contributed by atoms with E-state index in [1.807, 2.05) is 38.1 Å². The molecule has 0 radical (unpaired) electrons. The van der Waals surface area contributed by atoms with Crippen LogP contribution in [0.5, 0.6) is 0 Å². The number of aromatic nitrogens is 1. The van der Waals surface area contributed by atoms with Crippen molar-refractivity contribution in [1.29, 1.82) is 0 Å². The molecular weight excluding hydrogens is 425 g/mol. The summed E-state index contributed by atoms with van der Waals surface area (Å²) in [7, 11) is 0. The number of hydrogen-bond acceptors (Lipinski definition) is 3. The van der Waals surface area contributed by atoms with Crippen LogP contribution in [0.25, 0.3) is 11.8 Å². The van der Waals surface area contributed by atoms with Crippen LogP contribution in [0.1, 0.15) is 29.4 Å². The van der Waals surface area contributed by atoms with E-state index in [1.54, 1.807) is 12.1 Å². The predicted octanol–water partition coefficient (Wildman–Crippen LogP) is 4.63. The number of hydrogen-bond donors (Lipinski definition) is 1. The number of nitrogens with zero attached hydrogens (tertiary/aromatic N) is 2. The van der Waals surface area contributed by atoms with Crippen LogP contribution in [-0.2, 0) is 16.0 Å². The van der Waals surface area contributed by atoms with E-state index in [0.29, 0.717) is 0 Å². The van der Waals surface area contributed by atoms with E-state index in [-0.39, 0.29) is 16.4 Å². The van der Waals surface area contributed by atoms with Crippen molar-refractivity contribution in [2.45, 2.75) is 27.2 Å². The lowest BCUT2D eigenvalue weighted by Gasteiger charge is -2.29. The van der Waals surface area contributed by atoms with Crippen molar-refractivity contribution in [3.63, 3.8) is 0 Å². The standard InChI is InChI=1S/C25H22FN3O2S/c1-4-17-9-5-7-11-21(17)28-15(2)13-18(16(28)3)14-19-23(30)27-25(32)29(24(19)31)22-12-8-6-10-20(22)26/h5-14H,4H2,1-3H3,(H,27,30,32)/b19-14+. The molecule has 2 amide bonds. The Morgan fingerprint density at radius 1 is 1.03 bits per heavy atom. The summed E-state index contributed by atoms with van der Waals surface area (Å²) in [4.78, 5) is 26.9. The fourth-order valence-electron chi connectivity index (χ4n) is 4.00.